The molecule has 0 atom stereocenters. The molecular formula is C20H15N7O. The molecule has 0 fully saturated rings. The van der Waals surface area contributed by atoms with E-state index in [4.69, 9.17) is 0 Å². The molecule has 0 aliphatic carbocycles. The minimum atomic E-state index is 0.239. The third-order valence-corrected chi connectivity index (χ3v) is 4.46. The number of H-pyrrole nitrogens is 1. The van der Waals surface area contributed by atoms with Gasteiger partial charge in [0.1, 0.15) is 12.1 Å². The van der Waals surface area contributed by atoms with E-state index in [1.165, 1.54) is 6.33 Å². The van der Waals surface area contributed by atoms with Gasteiger partial charge in [-0.25, -0.2) is 19.9 Å². The first kappa shape index (κ1) is 16.1. The summed E-state index contributed by atoms with van der Waals surface area (Å²) in [4.78, 5) is 17.5. The highest BCUT2D eigenvalue weighted by Crippen LogP contribution is 2.27. The zero-order chi connectivity index (χ0) is 18.9. The largest absolute Gasteiger partial charge is 0.508 e. The van der Waals surface area contributed by atoms with Crippen molar-refractivity contribution in [2.24, 2.45) is 0 Å². The van der Waals surface area contributed by atoms with E-state index in [1.807, 2.05) is 24.3 Å². The van der Waals surface area contributed by atoms with Gasteiger partial charge in [0, 0.05) is 23.7 Å². The monoisotopic (exact) mass is 369 g/mol. The summed E-state index contributed by atoms with van der Waals surface area (Å²) in [5.74, 6) is 0.769. The average molecular weight is 369 g/mol. The van der Waals surface area contributed by atoms with Crippen molar-refractivity contribution in [1.29, 1.82) is 0 Å². The first-order valence-electron chi connectivity index (χ1n) is 8.69. The third kappa shape index (κ3) is 2.96. The lowest BCUT2D eigenvalue weighted by molar-refractivity contribution is 0.474. The summed E-state index contributed by atoms with van der Waals surface area (Å²) in [6.07, 6.45) is 5.02. The van der Waals surface area contributed by atoms with Crippen molar-refractivity contribution in [3.63, 3.8) is 0 Å². The van der Waals surface area contributed by atoms with Crippen LogP contribution in [0.15, 0.2) is 61.2 Å². The van der Waals surface area contributed by atoms with Crippen LogP contribution in [0, 0.1) is 0 Å². The maximum atomic E-state index is 9.55. The maximum absolute atomic E-state index is 9.55. The van der Waals surface area contributed by atoms with Gasteiger partial charge in [-0.3, -0.25) is 5.10 Å². The van der Waals surface area contributed by atoms with E-state index in [2.05, 4.69) is 35.5 Å². The molecule has 0 spiro atoms. The molecule has 3 heterocycles. The Labute approximate surface area is 159 Å². The lowest BCUT2D eigenvalue weighted by atomic mass is 10.1. The summed E-state index contributed by atoms with van der Waals surface area (Å²) in [5.41, 5.74) is 4.24. The van der Waals surface area contributed by atoms with E-state index in [-0.39, 0.29) is 5.75 Å². The van der Waals surface area contributed by atoms with Crippen molar-refractivity contribution in [2.45, 2.75) is 6.54 Å². The van der Waals surface area contributed by atoms with Crippen LogP contribution in [0.3, 0.4) is 0 Å². The van der Waals surface area contributed by atoms with Crippen molar-refractivity contribution in [1.82, 2.24) is 30.1 Å². The fraction of sp³-hybridized carbons (Fsp3) is 0.0500. The summed E-state index contributed by atoms with van der Waals surface area (Å²) >= 11 is 0. The van der Waals surface area contributed by atoms with Gasteiger partial charge in [-0.15, -0.1) is 0 Å². The standard InChI is InChI=1S/C20H15N7O/c28-15-3-1-2-12(6-15)8-21-20-22-9-14-7-13(4-5-17(14)26-20)18-16-10-25-27-19(16)24-11-23-18/h1-7,9-11,28H,8H2,(H,21,22,26)(H,23,24,25,27). The first-order chi connectivity index (χ1) is 13.8. The molecule has 28 heavy (non-hydrogen) atoms. The van der Waals surface area contributed by atoms with Crippen LogP contribution in [-0.2, 0) is 6.54 Å². The first-order valence-corrected chi connectivity index (χ1v) is 8.69. The zero-order valence-corrected chi connectivity index (χ0v) is 14.7. The molecule has 0 radical (unpaired) electrons. The Balaban J connectivity index is 1.44. The van der Waals surface area contributed by atoms with Gasteiger partial charge in [0.15, 0.2) is 5.65 Å². The number of aromatic hydroxyl groups is 1. The van der Waals surface area contributed by atoms with E-state index in [0.29, 0.717) is 18.1 Å². The van der Waals surface area contributed by atoms with Crippen molar-refractivity contribution in [3.05, 3.63) is 66.7 Å². The average Bonchev–Trinajstić information content (AvgIpc) is 3.21. The van der Waals surface area contributed by atoms with Crippen LogP contribution < -0.4 is 5.32 Å². The van der Waals surface area contributed by atoms with Crippen LogP contribution >= 0.6 is 0 Å². The van der Waals surface area contributed by atoms with E-state index in [1.54, 1.807) is 30.6 Å². The summed E-state index contributed by atoms with van der Waals surface area (Å²) in [6.45, 7) is 0.525. The Bertz CT molecular complexity index is 1300. The van der Waals surface area contributed by atoms with Crippen LogP contribution in [0.4, 0.5) is 5.95 Å². The van der Waals surface area contributed by atoms with Crippen molar-refractivity contribution < 1.29 is 5.11 Å². The Hall–Kier alpha value is -4.07. The molecule has 0 unspecified atom stereocenters. The summed E-state index contributed by atoms with van der Waals surface area (Å²) < 4.78 is 0. The SMILES string of the molecule is Oc1cccc(CNc2ncc3cc(-c4ncnc5[nH]ncc45)ccc3n2)c1. The quantitative estimate of drug-likeness (QED) is 0.445. The highest BCUT2D eigenvalue weighted by atomic mass is 16.3. The molecule has 0 saturated heterocycles. The number of anilines is 1. The molecule has 136 valence electrons. The number of nitrogens with zero attached hydrogens (tertiary/aromatic N) is 5. The van der Waals surface area contributed by atoms with Gasteiger partial charge in [-0.05, 0) is 29.8 Å². The number of phenols is 1. The Morgan fingerprint density at radius 3 is 2.89 bits per heavy atom. The Morgan fingerprint density at radius 2 is 1.96 bits per heavy atom. The minimum absolute atomic E-state index is 0.239. The number of rotatable bonds is 4. The van der Waals surface area contributed by atoms with Crippen molar-refractivity contribution in [3.8, 4) is 17.0 Å². The molecule has 8 nitrogen and oxygen atoms in total. The van der Waals surface area contributed by atoms with Gasteiger partial charge in [0.25, 0.3) is 0 Å². The second kappa shape index (κ2) is 6.58. The maximum Gasteiger partial charge on any atom is 0.223 e. The lowest BCUT2D eigenvalue weighted by Crippen LogP contribution is -2.03. The number of phenolic OH excluding ortho intramolecular Hbond substituents is 1. The molecular weight excluding hydrogens is 354 g/mol. The van der Waals surface area contributed by atoms with Crippen LogP contribution in [-0.4, -0.2) is 35.2 Å². The molecule has 0 amide bonds. The summed E-state index contributed by atoms with van der Waals surface area (Å²) in [5, 5.41) is 21.4. The predicted molar refractivity (Wildman–Crippen MR) is 106 cm³/mol. The van der Waals surface area contributed by atoms with Gasteiger partial charge in [0.2, 0.25) is 5.95 Å². The van der Waals surface area contributed by atoms with Gasteiger partial charge in [0.05, 0.1) is 22.8 Å². The predicted octanol–water partition coefficient (Wildman–Crippen LogP) is 3.28. The molecule has 0 aliphatic rings. The Kier molecular flexibility index (Phi) is 3.79. The minimum Gasteiger partial charge on any atom is -0.508 e. The fourth-order valence-corrected chi connectivity index (χ4v) is 3.11. The summed E-state index contributed by atoms with van der Waals surface area (Å²) in [6, 6.07) is 13.0. The second-order valence-electron chi connectivity index (χ2n) is 6.35. The molecule has 5 rings (SSSR count). The van der Waals surface area contributed by atoms with Crippen LogP contribution in [0.5, 0.6) is 5.75 Å². The van der Waals surface area contributed by atoms with Crippen LogP contribution in [0.25, 0.3) is 33.2 Å². The van der Waals surface area contributed by atoms with Crippen LogP contribution in [0.1, 0.15) is 5.56 Å². The topological polar surface area (TPSA) is 112 Å². The van der Waals surface area contributed by atoms with Crippen molar-refractivity contribution >= 4 is 27.9 Å². The van der Waals surface area contributed by atoms with E-state index < -0.39 is 0 Å². The number of hydrogen-bond donors (Lipinski definition) is 3. The number of nitrogens with one attached hydrogen (secondary N) is 2. The number of aromatic amines is 1. The van der Waals surface area contributed by atoms with Crippen molar-refractivity contribution in [2.75, 3.05) is 5.32 Å². The number of hydrogen-bond acceptors (Lipinski definition) is 7. The van der Waals surface area contributed by atoms with Crippen LogP contribution in [0.2, 0.25) is 0 Å². The van der Waals surface area contributed by atoms with E-state index in [0.717, 1.165) is 33.1 Å². The molecule has 0 saturated carbocycles. The zero-order valence-electron chi connectivity index (χ0n) is 14.7. The number of benzene rings is 2. The fourth-order valence-electron chi connectivity index (χ4n) is 3.11. The normalized spacial score (nSPS) is 11.1. The molecule has 0 aliphatic heterocycles. The highest BCUT2D eigenvalue weighted by Gasteiger charge is 2.09. The summed E-state index contributed by atoms with van der Waals surface area (Å²) in [7, 11) is 0. The van der Waals surface area contributed by atoms with Gasteiger partial charge >= 0.3 is 0 Å². The van der Waals surface area contributed by atoms with Gasteiger partial charge in [-0.2, -0.15) is 5.10 Å². The lowest BCUT2D eigenvalue weighted by Gasteiger charge is -2.07. The smallest absolute Gasteiger partial charge is 0.223 e. The molecule has 3 aromatic heterocycles. The molecule has 0 bridgehead atoms. The second-order valence-corrected chi connectivity index (χ2v) is 6.35. The highest BCUT2D eigenvalue weighted by molar-refractivity contribution is 5.93. The number of fused-ring (bicyclic) bond motifs is 2. The van der Waals surface area contributed by atoms with Gasteiger partial charge in [-0.1, -0.05) is 18.2 Å². The van der Waals surface area contributed by atoms with Gasteiger partial charge < -0.3 is 10.4 Å². The molecule has 2 aromatic carbocycles. The van der Waals surface area contributed by atoms with E-state index in [9.17, 15) is 5.11 Å². The molecule has 8 heteroatoms. The third-order valence-electron chi connectivity index (χ3n) is 4.46. The van der Waals surface area contributed by atoms with E-state index >= 15 is 0 Å². The number of aromatic nitrogens is 6. The molecule has 5 aromatic rings. The molecule has 3 N–H and O–H groups in total. The Morgan fingerprint density at radius 1 is 1.00 bits per heavy atom.